The molecule has 0 aliphatic heterocycles. The summed E-state index contributed by atoms with van der Waals surface area (Å²) in [6.07, 6.45) is -3.26. The largest absolute Gasteiger partial charge is 0.573 e. The van der Waals surface area contributed by atoms with Gasteiger partial charge in [0.25, 0.3) is 0 Å². The average molecular weight is 649 g/mol. The molecule has 0 aliphatic carbocycles. The second-order valence-electron chi connectivity index (χ2n) is 11.5. The Hall–Kier alpha value is -4.71. The van der Waals surface area contributed by atoms with Gasteiger partial charge in [-0.1, -0.05) is 57.2 Å². The minimum atomic E-state index is -4.75. The van der Waals surface area contributed by atoms with Crippen molar-refractivity contribution in [1.82, 2.24) is 24.6 Å². The minimum Gasteiger partial charge on any atom is -0.406 e. The molecule has 1 N–H and O–H groups in total. The minimum absolute atomic E-state index is 0.0161. The van der Waals surface area contributed by atoms with Gasteiger partial charge in [0.05, 0.1) is 11.4 Å². The molecule has 5 rings (SSSR count). The van der Waals surface area contributed by atoms with Crippen LogP contribution in [0.15, 0.2) is 83.4 Å². The van der Waals surface area contributed by atoms with Gasteiger partial charge in [-0.15, -0.1) is 29.6 Å². The molecule has 12 heteroatoms. The van der Waals surface area contributed by atoms with E-state index in [4.69, 9.17) is 0 Å². The lowest BCUT2D eigenvalue weighted by Gasteiger charge is -2.21. The summed E-state index contributed by atoms with van der Waals surface area (Å²) in [6.45, 7) is 12.4. The number of nitrogens with one attached hydrogen (secondary N) is 1. The molecule has 2 heterocycles. The van der Waals surface area contributed by atoms with Crippen molar-refractivity contribution < 1.29 is 22.7 Å². The Bertz CT molecular complexity index is 1890. The van der Waals surface area contributed by atoms with Crippen molar-refractivity contribution in [3.05, 3.63) is 106 Å². The van der Waals surface area contributed by atoms with E-state index in [9.17, 15) is 18.0 Å². The van der Waals surface area contributed by atoms with Crippen LogP contribution in [0.2, 0.25) is 0 Å². The van der Waals surface area contributed by atoms with E-state index in [1.165, 1.54) is 57.7 Å². The molecule has 0 saturated heterocycles. The van der Waals surface area contributed by atoms with E-state index in [2.05, 4.69) is 58.0 Å². The van der Waals surface area contributed by atoms with E-state index in [0.29, 0.717) is 22.2 Å². The van der Waals surface area contributed by atoms with E-state index >= 15 is 0 Å². The normalized spacial score (nSPS) is 13.6. The highest BCUT2D eigenvalue weighted by molar-refractivity contribution is 7.07. The van der Waals surface area contributed by atoms with Gasteiger partial charge in [0.2, 0.25) is 0 Å². The molecule has 2 unspecified atom stereocenters. The quantitative estimate of drug-likeness (QED) is 0.184. The molecule has 0 aliphatic rings. The van der Waals surface area contributed by atoms with Crippen LogP contribution in [0.4, 0.5) is 18.0 Å². The van der Waals surface area contributed by atoms with Gasteiger partial charge >= 0.3 is 12.4 Å². The van der Waals surface area contributed by atoms with Crippen molar-refractivity contribution in [2.24, 2.45) is 4.99 Å². The lowest BCUT2D eigenvalue weighted by molar-refractivity contribution is -0.274. The first-order valence-electron chi connectivity index (χ1n) is 14.8. The molecule has 2 amide bonds. The van der Waals surface area contributed by atoms with Gasteiger partial charge in [-0.25, -0.2) is 14.5 Å². The molecule has 3 aromatic carbocycles. The van der Waals surface area contributed by atoms with E-state index in [0.717, 1.165) is 22.5 Å². The Morgan fingerprint density at radius 3 is 2.33 bits per heavy atom. The molecule has 5 aromatic rings. The number of hydrogen-bond acceptors (Lipinski definition) is 5. The number of nitrogens with zero attached hydrogens (tertiary/aromatic N) is 5. The fourth-order valence-corrected chi connectivity index (χ4v) is 6.22. The fraction of sp³-hybridized carbons (Fsp3) is 0.294. The summed E-state index contributed by atoms with van der Waals surface area (Å²) in [5.41, 5.74) is 6.80. The number of ether oxygens (including phenoxy) is 1. The third-order valence-corrected chi connectivity index (χ3v) is 8.76. The van der Waals surface area contributed by atoms with E-state index in [-0.39, 0.29) is 17.7 Å². The predicted molar refractivity (Wildman–Crippen MR) is 173 cm³/mol. The Morgan fingerprint density at radius 1 is 0.978 bits per heavy atom. The first-order chi connectivity index (χ1) is 21.8. The number of amides is 2. The summed E-state index contributed by atoms with van der Waals surface area (Å²) < 4.78 is 44.8. The highest BCUT2D eigenvalue weighted by Crippen LogP contribution is 2.28. The van der Waals surface area contributed by atoms with Gasteiger partial charge in [-0.2, -0.15) is 4.99 Å². The van der Waals surface area contributed by atoms with Gasteiger partial charge in [0.1, 0.15) is 12.1 Å². The number of hydrogen-bond donors (Lipinski definition) is 1. The number of thiazole rings is 1. The van der Waals surface area contributed by atoms with E-state index in [1.807, 2.05) is 61.1 Å². The van der Waals surface area contributed by atoms with Gasteiger partial charge in [-0.3, -0.25) is 4.57 Å². The zero-order chi connectivity index (χ0) is 33.2. The third-order valence-electron chi connectivity index (χ3n) is 7.82. The number of rotatable bonds is 8. The van der Waals surface area contributed by atoms with Crippen LogP contribution in [-0.4, -0.2) is 37.8 Å². The second kappa shape index (κ2) is 13.3. The Kier molecular flexibility index (Phi) is 9.47. The molecule has 0 fully saturated rings. The number of benzene rings is 3. The maximum Gasteiger partial charge on any atom is 0.573 e. The summed E-state index contributed by atoms with van der Waals surface area (Å²) in [5, 5.41) is 9.51. The Morgan fingerprint density at radius 2 is 1.67 bits per heavy atom. The molecule has 240 valence electrons. The summed E-state index contributed by atoms with van der Waals surface area (Å²) in [4.78, 5) is 22.5. The van der Waals surface area contributed by atoms with Crippen LogP contribution >= 0.6 is 11.3 Å². The molecule has 46 heavy (non-hydrogen) atoms. The van der Waals surface area contributed by atoms with Gasteiger partial charge in [0, 0.05) is 28.6 Å². The van der Waals surface area contributed by atoms with E-state index in [1.54, 1.807) is 0 Å². The van der Waals surface area contributed by atoms with Crippen LogP contribution < -0.4 is 14.9 Å². The molecule has 2 atom stereocenters. The topological polar surface area (TPSA) is 86.3 Å². The summed E-state index contributed by atoms with van der Waals surface area (Å²) in [6, 6.07) is 18.7. The number of aryl methyl sites for hydroxylation is 2. The van der Waals surface area contributed by atoms with Crippen molar-refractivity contribution in [3.8, 4) is 28.5 Å². The maximum atomic E-state index is 13.1. The van der Waals surface area contributed by atoms with Crippen molar-refractivity contribution >= 4 is 17.4 Å². The Labute approximate surface area is 269 Å². The number of carbonyl (C=O) groups excluding carboxylic acids is 1. The lowest BCUT2D eigenvalue weighted by Crippen LogP contribution is -2.35. The van der Waals surface area contributed by atoms with Crippen LogP contribution in [0, 0.1) is 13.8 Å². The number of urea groups is 1. The van der Waals surface area contributed by atoms with Crippen LogP contribution in [0.25, 0.3) is 22.8 Å². The molecule has 0 bridgehead atoms. The van der Waals surface area contributed by atoms with Crippen molar-refractivity contribution in [1.29, 1.82) is 0 Å². The molecule has 0 spiro atoms. The standard InChI is InChI=1S/C34H35F3N6O2S/c1-20(2)30-21(3)8-7-9-29(30)43-22(4)18-46-33(43)40-32(44)39-24(6)23(5)25-10-12-26(13-11-25)31-38-19-42(41-31)27-14-16-28(17-15-27)45-34(35,36)37/h7-20,23-24H,1-6H3,(H,39,44)/b40-33-. The second-order valence-corrected chi connectivity index (χ2v) is 12.3. The first kappa shape index (κ1) is 32.7. The monoisotopic (exact) mass is 648 g/mol. The first-order valence-corrected chi connectivity index (χ1v) is 15.7. The van der Waals surface area contributed by atoms with Crippen LogP contribution in [-0.2, 0) is 0 Å². The Balaban J connectivity index is 1.27. The summed E-state index contributed by atoms with van der Waals surface area (Å²) >= 11 is 1.44. The highest BCUT2D eigenvalue weighted by Gasteiger charge is 2.31. The molecular weight excluding hydrogens is 613 g/mol. The number of halogens is 3. The zero-order valence-corrected chi connectivity index (χ0v) is 27.1. The van der Waals surface area contributed by atoms with Gasteiger partial charge < -0.3 is 10.1 Å². The predicted octanol–water partition coefficient (Wildman–Crippen LogP) is 8.23. The van der Waals surface area contributed by atoms with Crippen LogP contribution in [0.5, 0.6) is 5.75 Å². The highest BCUT2D eigenvalue weighted by atomic mass is 32.1. The third kappa shape index (κ3) is 7.39. The number of carbonyl (C=O) groups is 1. The van der Waals surface area contributed by atoms with Gasteiger partial charge in [0.15, 0.2) is 10.6 Å². The number of alkyl halides is 3. The molecule has 0 saturated carbocycles. The average Bonchev–Trinajstić information content (AvgIpc) is 3.63. The SMILES string of the molecule is Cc1cccc(-n2c(C)cs/c2=N\C(=O)NC(C)C(C)c2ccc(-c3ncn(-c4ccc(OC(F)(F)F)cc4)n3)cc2)c1C(C)C. The van der Waals surface area contributed by atoms with Gasteiger partial charge in [-0.05, 0) is 73.7 Å². The lowest BCUT2D eigenvalue weighted by atomic mass is 9.93. The molecule has 2 aromatic heterocycles. The van der Waals surface area contributed by atoms with Crippen LogP contribution in [0.1, 0.15) is 61.9 Å². The number of aromatic nitrogens is 4. The van der Waals surface area contributed by atoms with Crippen molar-refractivity contribution in [2.45, 2.75) is 65.8 Å². The molecular formula is C34H35F3N6O2S. The van der Waals surface area contributed by atoms with Crippen molar-refractivity contribution in [3.63, 3.8) is 0 Å². The summed E-state index contributed by atoms with van der Waals surface area (Å²) in [5.74, 6) is 0.445. The zero-order valence-electron chi connectivity index (χ0n) is 26.3. The maximum absolute atomic E-state index is 13.1. The molecule has 8 nitrogen and oxygen atoms in total. The smallest absolute Gasteiger partial charge is 0.406 e. The van der Waals surface area contributed by atoms with Crippen LogP contribution in [0.3, 0.4) is 0 Å². The fourth-order valence-electron chi connectivity index (χ4n) is 5.36. The van der Waals surface area contributed by atoms with E-state index < -0.39 is 12.4 Å². The summed E-state index contributed by atoms with van der Waals surface area (Å²) in [7, 11) is 0. The molecule has 0 radical (unpaired) electrons. The van der Waals surface area contributed by atoms with Crippen molar-refractivity contribution in [2.75, 3.05) is 0 Å².